The van der Waals surface area contributed by atoms with Gasteiger partial charge in [0, 0.05) is 51.9 Å². The maximum absolute atomic E-state index is 5.98. The van der Waals surface area contributed by atoms with E-state index in [1.807, 2.05) is 38.2 Å². The van der Waals surface area contributed by atoms with E-state index in [4.69, 9.17) is 9.47 Å². The fraction of sp³-hybridized carbons (Fsp3) is 0.682. The molecule has 0 aromatic heterocycles. The lowest BCUT2D eigenvalue weighted by atomic mass is 10.0. The van der Waals surface area contributed by atoms with Crippen molar-refractivity contribution in [2.24, 2.45) is 10.9 Å². The summed E-state index contributed by atoms with van der Waals surface area (Å²) in [5.74, 6) is 2.99. The van der Waals surface area contributed by atoms with Crippen molar-refractivity contribution >= 4 is 29.9 Å². The Morgan fingerprint density at radius 2 is 1.70 bits per heavy atom. The number of nitrogens with one attached hydrogen (secondary N) is 2. The molecule has 1 aromatic rings. The maximum Gasteiger partial charge on any atom is 0.191 e. The Hall–Kier alpha value is -1.26. The Kier molecular flexibility index (Phi) is 12.4. The first kappa shape index (κ1) is 26.8. The smallest absolute Gasteiger partial charge is 0.191 e. The molecule has 0 bridgehead atoms. The van der Waals surface area contributed by atoms with E-state index < -0.39 is 0 Å². The third-order valence-electron chi connectivity index (χ3n) is 5.41. The van der Waals surface area contributed by atoms with Gasteiger partial charge in [0.25, 0.3) is 0 Å². The van der Waals surface area contributed by atoms with Gasteiger partial charge >= 0.3 is 0 Å². The minimum Gasteiger partial charge on any atom is -0.497 e. The first-order valence-corrected chi connectivity index (χ1v) is 10.6. The van der Waals surface area contributed by atoms with E-state index in [2.05, 4.69) is 46.3 Å². The summed E-state index contributed by atoms with van der Waals surface area (Å²) in [4.78, 5) is 9.37. The van der Waals surface area contributed by atoms with E-state index in [-0.39, 0.29) is 30.1 Å². The SMILES string of the molecule is CN=C(NCC(C)Oc1cccc(OC)c1)NCC(C(C)C)N1CCN(C)CC1.I. The minimum absolute atomic E-state index is 0. The van der Waals surface area contributed by atoms with Crippen LogP contribution in [0.1, 0.15) is 20.8 Å². The van der Waals surface area contributed by atoms with Gasteiger partial charge in [-0.2, -0.15) is 0 Å². The van der Waals surface area contributed by atoms with Gasteiger partial charge in [-0.05, 0) is 32.0 Å². The highest BCUT2D eigenvalue weighted by molar-refractivity contribution is 14.0. The number of guanidine groups is 1. The molecule has 8 heteroatoms. The number of hydrogen-bond donors (Lipinski definition) is 2. The van der Waals surface area contributed by atoms with Crippen molar-refractivity contribution in [3.63, 3.8) is 0 Å². The molecule has 2 rings (SSSR count). The highest BCUT2D eigenvalue weighted by Gasteiger charge is 2.25. The molecule has 30 heavy (non-hydrogen) atoms. The highest BCUT2D eigenvalue weighted by atomic mass is 127. The van der Waals surface area contributed by atoms with E-state index >= 15 is 0 Å². The average Bonchev–Trinajstić information content (AvgIpc) is 2.71. The topological polar surface area (TPSA) is 61.4 Å². The van der Waals surface area contributed by atoms with Crippen molar-refractivity contribution in [3.05, 3.63) is 24.3 Å². The predicted molar refractivity (Wildman–Crippen MR) is 136 cm³/mol. The molecule has 1 heterocycles. The number of halogens is 1. The monoisotopic (exact) mass is 533 g/mol. The molecule has 172 valence electrons. The summed E-state index contributed by atoms with van der Waals surface area (Å²) < 4.78 is 11.2. The lowest BCUT2D eigenvalue weighted by Crippen LogP contribution is -2.55. The van der Waals surface area contributed by atoms with Crippen LogP contribution in [0.25, 0.3) is 0 Å². The number of likely N-dealkylation sites (N-methyl/N-ethyl adjacent to an activating group) is 1. The number of piperazine rings is 1. The zero-order valence-electron chi connectivity index (χ0n) is 19.4. The molecule has 0 amide bonds. The van der Waals surface area contributed by atoms with Gasteiger partial charge in [-0.1, -0.05) is 19.9 Å². The molecule has 0 aliphatic carbocycles. The molecular weight excluding hydrogens is 493 g/mol. The van der Waals surface area contributed by atoms with E-state index in [1.54, 1.807) is 7.11 Å². The Morgan fingerprint density at radius 1 is 1.07 bits per heavy atom. The Labute approximate surface area is 199 Å². The normalized spacial score (nSPS) is 17.8. The van der Waals surface area contributed by atoms with Gasteiger partial charge in [0.1, 0.15) is 17.6 Å². The minimum atomic E-state index is -0.000756. The summed E-state index contributed by atoms with van der Waals surface area (Å²) in [5, 5.41) is 6.88. The molecule has 1 aliphatic rings. The van der Waals surface area contributed by atoms with Crippen molar-refractivity contribution in [1.82, 2.24) is 20.4 Å². The van der Waals surface area contributed by atoms with Gasteiger partial charge in [0.15, 0.2) is 5.96 Å². The molecule has 0 spiro atoms. The van der Waals surface area contributed by atoms with Crippen molar-refractivity contribution in [3.8, 4) is 11.5 Å². The van der Waals surface area contributed by atoms with E-state index in [0.29, 0.717) is 18.5 Å². The van der Waals surface area contributed by atoms with Crippen LogP contribution in [0.2, 0.25) is 0 Å². The largest absolute Gasteiger partial charge is 0.497 e. The van der Waals surface area contributed by atoms with Crippen LogP contribution in [0.4, 0.5) is 0 Å². The molecule has 1 saturated heterocycles. The van der Waals surface area contributed by atoms with Crippen LogP contribution in [0.15, 0.2) is 29.3 Å². The standard InChI is InChI=1S/C22H39N5O2.HI/c1-17(2)21(27-12-10-26(5)11-13-27)16-25-22(23-4)24-15-18(3)29-20-9-7-8-19(14-20)28-6;/h7-9,14,17-18,21H,10-13,15-16H2,1-6H3,(H2,23,24,25);1H. The Morgan fingerprint density at radius 3 is 2.30 bits per heavy atom. The van der Waals surface area contributed by atoms with E-state index in [0.717, 1.165) is 50.2 Å². The lowest BCUT2D eigenvalue weighted by Gasteiger charge is -2.40. The number of hydrogen-bond acceptors (Lipinski definition) is 5. The fourth-order valence-electron chi connectivity index (χ4n) is 3.55. The molecule has 0 saturated carbocycles. The number of nitrogens with zero attached hydrogens (tertiary/aromatic N) is 3. The zero-order chi connectivity index (χ0) is 21.2. The van der Waals surface area contributed by atoms with Crippen LogP contribution in [-0.4, -0.2) is 88.4 Å². The summed E-state index contributed by atoms with van der Waals surface area (Å²) in [6, 6.07) is 8.17. The Bertz CT molecular complexity index is 636. The maximum atomic E-state index is 5.98. The molecule has 2 atom stereocenters. The van der Waals surface area contributed by atoms with Gasteiger partial charge in [-0.25, -0.2) is 0 Å². The first-order valence-electron chi connectivity index (χ1n) is 10.6. The van der Waals surface area contributed by atoms with Gasteiger partial charge < -0.3 is 25.0 Å². The molecule has 2 N–H and O–H groups in total. The predicted octanol–water partition coefficient (Wildman–Crippen LogP) is 2.52. The van der Waals surface area contributed by atoms with E-state index in [9.17, 15) is 0 Å². The van der Waals surface area contributed by atoms with Gasteiger partial charge in [0.05, 0.1) is 13.7 Å². The summed E-state index contributed by atoms with van der Waals surface area (Å²) in [7, 11) is 5.66. The van der Waals surface area contributed by atoms with Crippen LogP contribution in [0, 0.1) is 5.92 Å². The molecule has 1 aliphatic heterocycles. The number of aliphatic imine (C=N–C) groups is 1. The summed E-state index contributed by atoms with van der Waals surface area (Å²) in [6.45, 7) is 12.7. The highest BCUT2D eigenvalue weighted by Crippen LogP contribution is 2.19. The van der Waals surface area contributed by atoms with Crippen LogP contribution >= 0.6 is 24.0 Å². The summed E-state index contributed by atoms with van der Waals surface area (Å²) in [6.07, 6.45) is -0.000756. The quantitative estimate of drug-likeness (QED) is 0.289. The van der Waals surface area contributed by atoms with Crippen molar-refractivity contribution in [1.29, 1.82) is 0 Å². The zero-order valence-corrected chi connectivity index (χ0v) is 21.7. The number of ether oxygens (including phenoxy) is 2. The number of rotatable bonds is 9. The van der Waals surface area contributed by atoms with E-state index in [1.165, 1.54) is 0 Å². The molecule has 2 unspecified atom stereocenters. The second kappa shape index (κ2) is 13.9. The van der Waals surface area contributed by atoms with Gasteiger partial charge in [-0.15, -0.1) is 24.0 Å². The second-order valence-electron chi connectivity index (χ2n) is 8.09. The van der Waals surface area contributed by atoms with Gasteiger partial charge in [0.2, 0.25) is 0 Å². The average molecular weight is 533 g/mol. The number of methoxy groups -OCH3 is 1. The summed E-state index contributed by atoms with van der Waals surface area (Å²) in [5.41, 5.74) is 0. The molecule has 1 aromatic carbocycles. The van der Waals surface area contributed by atoms with Crippen LogP contribution in [0.3, 0.4) is 0 Å². The van der Waals surface area contributed by atoms with Crippen LogP contribution in [0.5, 0.6) is 11.5 Å². The third-order valence-corrected chi connectivity index (χ3v) is 5.41. The van der Waals surface area contributed by atoms with Crippen molar-refractivity contribution in [2.75, 3.05) is 60.5 Å². The van der Waals surface area contributed by atoms with Crippen LogP contribution in [-0.2, 0) is 0 Å². The number of benzene rings is 1. The van der Waals surface area contributed by atoms with Crippen molar-refractivity contribution < 1.29 is 9.47 Å². The van der Waals surface area contributed by atoms with Gasteiger partial charge in [-0.3, -0.25) is 9.89 Å². The molecular formula is C22H40IN5O2. The third kappa shape index (κ3) is 8.85. The molecule has 1 fully saturated rings. The first-order chi connectivity index (χ1) is 13.9. The molecule has 7 nitrogen and oxygen atoms in total. The van der Waals surface area contributed by atoms with Crippen molar-refractivity contribution in [2.45, 2.75) is 32.9 Å². The Balaban J connectivity index is 0.00000450. The lowest BCUT2D eigenvalue weighted by molar-refractivity contribution is 0.0899. The molecule has 0 radical (unpaired) electrons. The fourth-order valence-corrected chi connectivity index (χ4v) is 3.55. The second-order valence-corrected chi connectivity index (χ2v) is 8.09. The summed E-state index contributed by atoms with van der Waals surface area (Å²) >= 11 is 0. The van der Waals surface area contributed by atoms with Crippen LogP contribution < -0.4 is 20.1 Å².